The molecule has 3 rings (SSSR count). The predicted molar refractivity (Wildman–Crippen MR) is 73.2 cm³/mol. The molecule has 0 bridgehead atoms. The van der Waals surface area contributed by atoms with Gasteiger partial charge in [-0.25, -0.2) is 4.39 Å². The van der Waals surface area contributed by atoms with Crippen molar-refractivity contribution < 1.29 is 4.39 Å². The minimum absolute atomic E-state index is 0.362. The van der Waals surface area contributed by atoms with Crippen molar-refractivity contribution in [2.24, 2.45) is 0 Å². The molecule has 96 valence electrons. The second-order valence-electron chi connectivity index (χ2n) is 5.76. The van der Waals surface area contributed by atoms with Gasteiger partial charge in [0.05, 0.1) is 12.2 Å². The van der Waals surface area contributed by atoms with E-state index in [1.807, 2.05) is 11.2 Å². The Bertz CT molecular complexity index is 500. The van der Waals surface area contributed by atoms with Gasteiger partial charge in [-0.15, -0.1) is 0 Å². The lowest BCUT2D eigenvalue weighted by atomic mass is 10.0. The molecule has 1 N–H and O–H groups in total. The van der Waals surface area contributed by atoms with E-state index in [1.54, 1.807) is 13.8 Å². The highest BCUT2D eigenvalue weighted by atomic mass is 19.1. The first kappa shape index (κ1) is 11.6. The molecule has 0 saturated heterocycles. The van der Waals surface area contributed by atoms with Crippen molar-refractivity contribution in [1.82, 2.24) is 5.43 Å². The predicted octanol–water partition coefficient (Wildman–Crippen LogP) is 3.22. The van der Waals surface area contributed by atoms with E-state index in [4.69, 9.17) is 0 Å². The van der Waals surface area contributed by atoms with Crippen LogP contribution in [0.1, 0.15) is 37.0 Å². The third-order valence-electron chi connectivity index (χ3n) is 3.58. The van der Waals surface area contributed by atoms with E-state index in [0.29, 0.717) is 6.54 Å². The van der Waals surface area contributed by atoms with Crippen molar-refractivity contribution >= 4 is 11.8 Å². The monoisotopic (exact) mass is 246 g/mol. The van der Waals surface area contributed by atoms with Crippen LogP contribution in [0.4, 0.5) is 10.1 Å². The van der Waals surface area contributed by atoms with Gasteiger partial charge in [0, 0.05) is 11.8 Å². The standard InChI is InChI=1S/C15H19FN2/c1-15(2,16)10-18-14-12(8-9-17-18)7-6-11-4-3-5-13(11)14/h6-9,17H,3-5,10H2,1-2H3. The van der Waals surface area contributed by atoms with Gasteiger partial charge in [0.1, 0.15) is 5.67 Å². The van der Waals surface area contributed by atoms with Gasteiger partial charge >= 0.3 is 0 Å². The number of fused-ring (bicyclic) bond motifs is 3. The number of aryl methyl sites for hydroxylation is 1. The number of halogens is 1. The second-order valence-corrected chi connectivity index (χ2v) is 5.76. The molecule has 1 heterocycles. The molecule has 0 amide bonds. The number of rotatable bonds is 2. The molecule has 0 atom stereocenters. The molecule has 0 saturated carbocycles. The summed E-state index contributed by atoms with van der Waals surface area (Å²) in [4.78, 5) is 0. The number of hydrogen-bond donors (Lipinski definition) is 1. The van der Waals surface area contributed by atoms with Crippen LogP contribution in [-0.2, 0) is 12.8 Å². The average Bonchev–Trinajstić information content (AvgIpc) is 2.74. The zero-order valence-electron chi connectivity index (χ0n) is 11.0. The molecule has 2 nitrogen and oxygen atoms in total. The molecule has 0 radical (unpaired) electrons. The number of hydrazine groups is 1. The Morgan fingerprint density at radius 3 is 2.94 bits per heavy atom. The zero-order valence-corrected chi connectivity index (χ0v) is 11.0. The topological polar surface area (TPSA) is 15.3 Å². The zero-order chi connectivity index (χ0) is 12.8. The number of anilines is 1. The van der Waals surface area contributed by atoms with E-state index in [1.165, 1.54) is 28.8 Å². The summed E-state index contributed by atoms with van der Waals surface area (Å²) in [5.41, 5.74) is 7.16. The molecule has 1 aromatic rings. The fourth-order valence-corrected chi connectivity index (χ4v) is 2.90. The normalized spacial score (nSPS) is 17.4. The molecule has 2 aliphatic rings. The third-order valence-corrected chi connectivity index (χ3v) is 3.58. The van der Waals surface area contributed by atoms with Crippen LogP contribution < -0.4 is 10.4 Å². The minimum Gasteiger partial charge on any atom is -0.306 e. The highest BCUT2D eigenvalue weighted by Gasteiger charge is 2.27. The summed E-state index contributed by atoms with van der Waals surface area (Å²) in [7, 11) is 0. The molecule has 0 unspecified atom stereocenters. The summed E-state index contributed by atoms with van der Waals surface area (Å²) >= 11 is 0. The van der Waals surface area contributed by atoms with Crippen LogP contribution in [0.5, 0.6) is 0 Å². The average molecular weight is 246 g/mol. The molecule has 1 aliphatic heterocycles. The minimum atomic E-state index is -1.21. The van der Waals surface area contributed by atoms with E-state index in [-0.39, 0.29) is 0 Å². The molecule has 0 spiro atoms. The van der Waals surface area contributed by atoms with Crippen molar-refractivity contribution in [3.05, 3.63) is 35.0 Å². The Labute approximate surface area is 107 Å². The maximum Gasteiger partial charge on any atom is 0.124 e. The second kappa shape index (κ2) is 4.01. The first-order valence-corrected chi connectivity index (χ1v) is 6.58. The third kappa shape index (κ3) is 1.98. The fraction of sp³-hybridized carbons (Fsp3) is 0.467. The molecule has 1 aliphatic carbocycles. The van der Waals surface area contributed by atoms with Crippen molar-refractivity contribution in [2.45, 2.75) is 38.8 Å². The summed E-state index contributed by atoms with van der Waals surface area (Å²) in [6.45, 7) is 3.60. The van der Waals surface area contributed by atoms with Gasteiger partial charge in [-0.05, 0) is 50.3 Å². The van der Waals surface area contributed by atoms with E-state index < -0.39 is 5.67 Å². The van der Waals surface area contributed by atoms with Gasteiger partial charge < -0.3 is 5.43 Å². The largest absolute Gasteiger partial charge is 0.306 e. The van der Waals surface area contributed by atoms with Crippen LogP contribution in [0.3, 0.4) is 0 Å². The Morgan fingerprint density at radius 1 is 1.33 bits per heavy atom. The van der Waals surface area contributed by atoms with Gasteiger partial charge in [0.25, 0.3) is 0 Å². The van der Waals surface area contributed by atoms with Gasteiger partial charge in [0.15, 0.2) is 0 Å². The summed E-state index contributed by atoms with van der Waals surface area (Å²) in [5.74, 6) is 0. The Morgan fingerprint density at radius 2 is 2.17 bits per heavy atom. The maximum absolute atomic E-state index is 13.9. The number of benzene rings is 1. The molecule has 18 heavy (non-hydrogen) atoms. The van der Waals surface area contributed by atoms with Crippen molar-refractivity contribution in [3.63, 3.8) is 0 Å². The molecule has 0 aromatic heterocycles. The first-order valence-electron chi connectivity index (χ1n) is 6.58. The lowest BCUT2D eigenvalue weighted by Crippen LogP contribution is -2.44. The smallest absolute Gasteiger partial charge is 0.124 e. The van der Waals surface area contributed by atoms with Crippen molar-refractivity contribution in [3.8, 4) is 0 Å². The highest BCUT2D eigenvalue weighted by Crippen LogP contribution is 2.36. The fourth-order valence-electron chi connectivity index (χ4n) is 2.90. The van der Waals surface area contributed by atoms with Crippen LogP contribution in [0.15, 0.2) is 18.3 Å². The van der Waals surface area contributed by atoms with E-state index in [2.05, 4.69) is 23.6 Å². The van der Waals surface area contributed by atoms with Crippen LogP contribution >= 0.6 is 0 Å². The van der Waals surface area contributed by atoms with Gasteiger partial charge in [-0.1, -0.05) is 12.1 Å². The maximum atomic E-state index is 13.9. The van der Waals surface area contributed by atoms with E-state index in [0.717, 1.165) is 12.8 Å². The van der Waals surface area contributed by atoms with Crippen LogP contribution in [0.2, 0.25) is 0 Å². The van der Waals surface area contributed by atoms with E-state index >= 15 is 0 Å². The molecule has 3 heteroatoms. The number of nitrogens with zero attached hydrogens (tertiary/aromatic N) is 1. The Hall–Kier alpha value is -1.51. The summed E-state index contributed by atoms with van der Waals surface area (Å²) in [6, 6.07) is 4.37. The first-order chi connectivity index (χ1) is 8.54. The number of hydrogen-bond acceptors (Lipinski definition) is 2. The lowest BCUT2D eigenvalue weighted by Gasteiger charge is -2.34. The molecular weight excluding hydrogens is 227 g/mol. The van der Waals surface area contributed by atoms with Crippen LogP contribution in [-0.4, -0.2) is 12.2 Å². The summed E-state index contributed by atoms with van der Waals surface area (Å²) in [5, 5.41) is 1.96. The van der Waals surface area contributed by atoms with Crippen molar-refractivity contribution in [1.29, 1.82) is 0 Å². The molecular formula is C15H19FN2. The van der Waals surface area contributed by atoms with Crippen molar-refractivity contribution in [2.75, 3.05) is 11.6 Å². The van der Waals surface area contributed by atoms with E-state index in [9.17, 15) is 4.39 Å². The molecule has 1 aromatic carbocycles. The number of alkyl halides is 1. The summed E-state index contributed by atoms with van der Waals surface area (Å²) < 4.78 is 13.9. The Kier molecular flexibility index (Phi) is 2.58. The van der Waals surface area contributed by atoms with Gasteiger partial charge in [-0.3, -0.25) is 5.01 Å². The van der Waals surface area contributed by atoms with Gasteiger partial charge in [-0.2, -0.15) is 0 Å². The quantitative estimate of drug-likeness (QED) is 0.862. The van der Waals surface area contributed by atoms with Crippen LogP contribution in [0.25, 0.3) is 6.08 Å². The lowest BCUT2D eigenvalue weighted by molar-refractivity contribution is 0.219. The van der Waals surface area contributed by atoms with Crippen LogP contribution in [0, 0.1) is 0 Å². The highest BCUT2D eigenvalue weighted by molar-refractivity contribution is 5.75. The number of nitrogens with one attached hydrogen (secondary N) is 1. The van der Waals surface area contributed by atoms with Gasteiger partial charge in [0.2, 0.25) is 0 Å². The SMILES string of the molecule is CC(C)(F)CN1NC=Cc2ccc3c(c21)CCC3. The Balaban J connectivity index is 2.04. The molecule has 0 fully saturated rings. The summed E-state index contributed by atoms with van der Waals surface area (Å²) in [6.07, 6.45) is 7.42.